The molecule has 0 aliphatic carbocycles. The molecule has 2 aromatic heterocycles. The topological polar surface area (TPSA) is 103 Å². The number of nitrogens with one attached hydrogen (secondary N) is 1. The molecule has 0 radical (unpaired) electrons. The van der Waals surface area contributed by atoms with Gasteiger partial charge >= 0.3 is 0 Å². The lowest BCUT2D eigenvalue weighted by Crippen LogP contribution is -2.18. The third kappa shape index (κ3) is 3.49. The predicted molar refractivity (Wildman–Crippen MR) is 91.7 cm³/mol. The molecular formula is C16H15N5O2S. The second-order valence-electron chi connectivity index (χ2n) is 5.20. The van der Waals surface area contributed by atoms with Crippen LogP contribution in [0.25, 0.3) is 10.6 Å². The van der Waals surface area contributed by atoms with Gasteiger partial charge in [0, 0.05) is 17.1 Å². The van der Waals surface area contributed by atoms with Gasteiger partial charge in [-0.25, -0.2) is 4.98 Å². The zero-order valence-corrected chi connectivity index (χ0v) is 13.7. The summed E-state index contributed by atoms with van der Waals surface area (Å²) in [5.74, 6) is -0.831. The number of nitrogens with zero attached hydrogens (tertiary/aromatic N) is 3. The van der Waals surface area contributed by atoms with Gasteiger partial charge in [0.15, 0.2) is 0 Å². The Kier molecular flexibility index (Phi) is 4.39. The summed E-state index contributed by atoms with van der Waals surface area (Å²) in [6, 6.07) is 7.88. The van der Waals surface area contributed by atoms with E-state index >= 15 is 0 Å². The lowest BCUT2D eigenvalue weighted by Gasteiger charge is -2.01. The molecule has 0 saturated heterocycles. The van der Waals surface area contributed by atoms with Crippen LogP contribution in [0.4, 0.5) is 5.69 Å². The Morgan fingerprint density at radius 1 is 1.33 bits per heavy atom. The number of hydrogen-bond donors (Lipinski definition) is 2. The number of aryl methyl sites for hydroxylation is 1. The number of aromatic nitrogens is 3. The molecule has 7 nitrogen and oxygen atoms in total. The smallest absolute Gasteiger partial charge is 0.275 e. The monoisotopic (exact) mass is 341 g/mol. The number of carbonyl (C=O) groups excluding carboxylic acids is 2. The number of rotatable bonds is 5. The first-order chi connectivity index (χ1) is 11.5. The molecular weight excluding hydrogens is 326 g/mol. The zero-order valence-electron chi connectivity index (χ0n) is 12.9. The van der Waals surface area contributed by atoms with Gasteiger partial charge in [0.1, 0.15) is 17.2 Å². The van der Waals surface area contributed by atoms with Gasteiger partial charge < -0.3 is 11.1 Å². The van der Waals surface area contributed by atoms with Crippen molar-refractivity contribution < 1.29 is 9.59 Å². The molecule has 0 spiro atoms. The first kappa shape index (κ1) is 15.9. The largest absolute Gasteiger partial charge is 0.368 e. The van der Waals surface area contributed by atoms with Crippen LogP contribution in [0.3, 0.4) is 0 Å². The minimum absolute atomic E-state index is 0.0377. The Labute approximate surface area is 142 Å². The van der Waals surface area contributed by atoms with Gasteiger partial charge in [0.05, 0.1) is 11.9 Å². The molecule has 2 heterocycles. The van der Waals surface area contributed by atoms with Crippen LogP contribution in [0.15, 0.2) is 42.0 Å². The van der Waals surface area contributed by atoms with E-state index in [0.717, 1.165) is 16.1 Å². The SMILES string of the molecule is Cc1ccccc1-c1nc(C(=O)Nc2cnn(CC(N)=O)c2)cs1. The van der Waals surface area contributed by atoms with Gasteiger partial charge in [-0.2, -0.15) is 5.10 Å². The average Bonchev–Trinajstić information content (AvgIpc) is 3.17. The van der Waals surface area contributed by atoms with Gasteiger partial charge in [0.2, 0.25) is 5.91 Å². The van der Waals surface area contributed by atoms with Crippen molar-refractivity contribution in [3.63, 3.8) is 0 Å². The Hall–Kier alpha value is -3.00. The molecule has 0 saturated carbocycles. The number of hydrogen-bond acceptors (Lipinski definition) is 5. The van der Waals surface area contributed by atoms with Crippen LogP contribution in [-0.2, 0) is 11.3 Å². The normalized spacial score (nSPS) is 10.5. The zero-order chi connectivity index (χ0) is 17.1. The third-order valence-corrected chi connectivity index (χ3v) is 4.20. The van der Waals surface area contributed by atoms with Crippen LogP contribution in [0.5, 0.6) is 0 Å². The Morgan fingerprint density at radius 3 is 2.88 bits per heavy atom. The summed E-state index contributed by atoms with van der Waals surface area (Å²) >= 11 is 1.42. The molecule has 3 rings (SSSR count). The molecule has 0 aliphatic heterocycles. The quantitative estimate of drug-likeness (QED) is 0.741. The maximum atomic E-state index is 12.3. The molecule has 3 aromatic rings. The van der Waals surface area contributed by atoms with Crippen molar-refractivity contribution in [3.05, 3.63) is 53.3 Å². The Morgan fingerprint density at radius 2 is 2.12 bits per heavy atom. The number of thiazole rings is 1. The fraction of sp³-hybridized carbons (Fsp3) is 0.125. The molecule has 2 amide bonds. The van der Waals surface area contributed by atoms with Crippen LogP contribution in [0, 0.1) is 6.92 Å². The van der Waals surface area contributed by atoms with Crippen LogP contribution >= 0.6 is 11.3 Å². The van der Waals surface area contributed by atoms with Crippen LogP contribution < -0.4 is 11.1 Å². The van der Waals surface area contributed by atoms with Crippen LogP contribution in [0.2, 0.25) is 0 Å². The van der Waals surface area contributed by atoms with Crippen molar-refractivity contribution in [2.24, 2.45) is 5.73 Å². The third-order valence-electron chi connectivity index (χ3n) is 3.32. The summed E-state index contributed by atoms with van der Waals surface area (Å²) in [7, 11) is 0. The van der Waals surface area contributed by atoms with Gasteiger partial charge in [-0.3, -0.25) is 14.3 Å². The highest BCUT2D eigenvalue weighted by Gasteiger charge is 2.14. The summed E-state index contributed by atoms with van der Waals surface area (Å²) in [4.78, 5) is 27.5. The van der Waals surface area contributed by atoms with Crippen molar-refractivity contribution in [2.45, 2.75) is 13.5 Å². The van der Waals surface area contributed by atoms with E-state index in [0.29, 0.717) is 11.4 Å². The standard InChI is InChI=1S/C16H15N5O2S/c1-10-4-2-3-5-12(10)16-20-13(9-24-16)15(23)19-11-6-18-21(7-11)8-14(17)22/h2-7,9H,8H2,1H3,(H2,17,22)(H,19,23). The minimum Gasteiger partial charge on any atom is -0.368 e. The summed E-state index contributed by atoms with van der Waals surface area (Å²) in [6.45, 7) is 1.97. The van der Waals surface area contributed by atoms with E-state index in [1.165, 1.54) is 28.4 Å². The van der Waals surface area contributed by atoms with E-state index in [2.05, 4.69) is 15.4 Å². The average molecular weight is 341 g/mol. The van der Waals surface area contributed by atoms with E-state index in [1.54, 1.807) is 5.38 Å². The van der Waals surface area contributed by atoms with E-state index in [4.69, 9.17) is 5.73 Å². The number of primary amides is 1. The fourth-order valence-electron chi connectivity index (χ4n) is 2.18. The van der Waals surface area contributed by atoms with Gasteiger partial charge in [0.25, 0.3) is 5.91 Å². The molecule has 0 unspecified atom stereocenters. The van der Waals surface area contributed by atoms with Crippen molar-refractivity contribution in [1.29, 1.82) is 0 Å². The molecule has 0 aliphatic rings. The lowest BCUT2D eigenvalue weighted by atomic mass is 10.1. The molecule has 1 aromatic carbocycles. The van der Waals surface area contributed by atoms with E-state index in [1.807, 2.05) is 31.2 Å². The maximum Gasteiger partial charge on any atom is 0.275 e. The highest BCUT2D eigenvalue weighted by atomic mass is 32.1. The predicted octanol–water partition coefficient (Wildman–Crippen LogP) is 2.05. The number of benzene rings is 1. The number of anilines is 1. The lowest BCUT2D eigenvalue weighted by molar-refractivity contribution is -0.118. The molecule has 0 atom stereocenters. The first-order valence-corrected chi connectivity index (χ1v) is 8.04. The maximum absolute atomic E-state index is 12.3. The number of nitrogens with two attached hydrogens (primary N) is 1. The van der Waals surface area contributed by atoms with Crippen molar-refractivity contribution >= 4 is 28.8 Å². The fourth-order valence-corrected chi connectivity index (χ4v) is 3.07. The van der Waals surface area contributed by atoms with Crippen molar-refractivity contribution in [3.8, 4) is 10.6 Å². The number of carbonyl (C=O) groups is 2. The van der Waals surface area contributed by atoms with Crippen molar-refractivity contribution in [1.82, 2.24) is 14.8 Å². The summed E-state index contributed by atoms with van der Waals surface area (Å²) in [6.07, 6.45) is 2.99. The van der Waals surface area contributed by atoms with Crippen molar-refractivity contribution in [2.75, 3.05) is 5.32 Å². The van der Waals surface area contributed by atoms with Gasteiger partial charge in [-0.05, 0) is 12.5 Å². The molecule has 3 N–H and O–H groups in total. The van der Waals surface area contributed by atoms with E-state index < -0.39 is 5.91 Å². The Bertz CT molecular complexity index is 899. The number of amides is 2. The van der Waals surface area contributed by atoms with Crippen LogP contribution in [0.1, 0.15) is 16.1 Å². The summed E-state index contributed by atoms with van der Waals surface area (Å²) in [5.41, 5.74) is 8.03. The summed E-state index contributed by atoms with van der Waals surface area (Å²) < 4.78 is 1.36. The van der Waals surface area contributed by atoms with E-state index in [9.17, 15) is 9.59 Å². The minimum atomic E-state index is -0.502. The van der Waals surface area contributed by atoms with Crippen LogP contribution in [-0.4, -0.2) is 26.6 Å². The van der Waals surface area contributed by atoms with E-state index in [-0.39, 0.29) is 12.5 Å². The molecule has 24 heavy (non-hydrogen) atoms. The second-order valence-corrected chi connectivity index (χ2v) is 6.06. The highest BCUT2D eigenvalue weighted by Crippen LogP contribution is 2.26. The van der Waals surface area contributed by atoms with Gasteiger partial charge in [-0.15, -0.1) is 11.3 Å². The summed E-state index contributed by atoms with van der Waals surface area (Å²) in [5, 5.41) is 9.16. The van der Waals surface area contributed by atoms with Gasteiger partial charge in [-0.1, -0.05) is 24.3 Å². The Balaban J connectivity index is 1.73. The molecule has 8 heteroatoms. The molecule has 0 fully saturated rings. The first-order valence-electron chi connectivity index (χ1n) is 7.16. The molecule has 0 bridgehead atoms. The molecule has 122 valence electrons. The highest BCUT2D eigenvalue weighted by molar-refractivity contribution is 7.13. The second kappa shape index (κ2) is 6.63.